The predicted molar refractivity (Wildman–Crippen MR) is 142 cm³/mol. The van der Waals surface area contributed by atoms with Crippen molar-refractivity contribution in [2.75, 3.05) is 18.1 Å². The van der Waals surface area contributed by atoms with Crippen molar-refractivity contribution in [2.24, 2.45) is 5.92 Å². The molecule has 2 aromatic carbocycles. The zero-order valence-electron chi connectivity index (χ0n) is 20.6. The van der Waals surface area contributed by atoms with E-state index in [1.54, 1.807) is 37.7 Å². The number of rotatable bonds is 12. The van der Waals surface area contributed by atoms with E-state index in [9.17, 15) is 14.4 Å². The van der Waals surface area contributed by atoms with Crippen LogP contribution in [0.5, 0.6) is 0 Å². The van der Waals surface area contributed by atoms with E-state index in [1.807, 2.05) is 18.2 Å². The lowest BCUT2D eigenvalue weighted by molar-refractivity contribution is -0.147. The molecule has 0 saturated heterocycles. The first-order chi connectivity index (χ1) is 16.2. The van der Waals surface area contributed by atoms with E-state index in [-0.39, 0.29) is 22.9 Å². The minimum Gasteiger partial charge on any atom is -0.464 e. The molecule has 1 unspecified atom stereocenters. The van der Waals surface area contributed by atoms with Crippen LogP contribution in [0.1, 0.15) is 67.3 Å². The second kappa shape index (κ2) is 14.2. The Bertz CT molecular complexity index is 931. The number of thioether (sulfide) groups is 2. The van der Waals surface area contributed by atoms with Gasteiger partial charge in [0.05, 0.1) is 6.61 Å². The average molecular weight is 502 g/mol. The summed E-state index contributed by atoms with van der Waals surface area (Å²) in [6.07, 6.45) is 0. The number of amides is 1. The summed E-state index contributed by atoms with van der Waals surface area (Å²) in [6.45, 7) is 10.2. The van der Waals surface area contributed by atoms with Crippen LogP contribution in [0.25, 0.3) is 0 Å². The maximum absolute atomic E-state index is 12.8. The van der Waals surface area contributed by atoms with Crippen molar-refractivity contribution in [1.29, 1.82) is 0 Å². The summed E-state index contributed by atoms with van der Waals surface area (Å²) in [4.78, 5) is 37.6. The topological polar surface area (TPSA) is 72.5 Å². The van der Waals surface area contributed by atoms with Crippen LogP contribution in [0, 0.1) is 5.92 Å². The molecule has 1 N–H and O–H groups in total. The summed E-state index contributed by atoms with van der Waals surface area (Å²) < 4.78 is 5.19. The quantitative estimate of drug-likeness (QED) is 0.367. The second-order valence-electron chi connectivity index (χ2n) is 8.48. The molecule has 0 bridgehead atoms. The minimum absolute atomic E-state index is 0.0740. The van der Waals surface area contributed by atoms with E-state index in [1.165, 1.54) is 11.1 Å². The van der Waals surface area contributed by atoms with Crippen molar-refractivity contribution in [2.45, 2.75) is 51.8 Å². The Hall–Kier alpha value is -2.25. The van der Waals surface area contributed by atoms with E-state index in [0.29, 0.717) is 23.0 Å². The molecule has 0 aromatic heterocycles. The first-order valence-electron chi connectivity index (χ1n) is 11.6. The van der Waals surface area contributed by atoms with Crippen molar-refractivity contribution < 1.29 is 19.1 Å². The van der Waals surface area contributed by atoms with Crippen molar-refractivity contribution >= 4 is 40.5 Å². The fourth-order valence-electron chi connectivity index (χ4n) is 3.15. The molecule has 0 fully saturated rings. The lowest BCUT2D eigenvalue weighted by atomic mass is 10.0. The number of carbonyl (C=O) groups excluding carboxylic acids is 3. The van der Waals surface area contributed by atoms with E-state index in [0.717, 1.165) is 11.8 Å². The van der Waals surface area contributed by atoms with E-state index < -0.39 is 17.9 Å². The van der Waals surface area contributed by atoms with Crippen LogP contribution >= 0.6 is 23.5 Å². The summed E-state index contributed by atoms with van der Waals surface area (Å²) in [5.74, 6) is 0.0810. The Morgan fingerprint density at radius 2 is 1.50 bits per heavy atom. The molecule has 0 aliphatic carbocycles. The van der Waals surface area contributed by atoms with Gasteiger partial charge in [0.25, 0.3) is 0 Å². The Labute approximate surface area is 211 Å². The number of hydrogen-bond donors (Lipinski definition) is 1. The maximum atomic E-state index is 12.8. The van der Waals surface area contributed by atoms with Crippen LogP contribution in [0.2, 0.25) is 0 Å². The molecule has 3 atom stereocenters. The SMILES string of the molecule is CCOC(=O)[C@H](CSC(C)c1ccc(C(C)C)cc1)NC(=O)[C@H](C)CSC(=O)c1ccccc1. The highest BCUT2D eigenvalue weighted by atomic mass is 32.2. The van der Waals surface area contributed by atoms with Crippen LogP contribution in [-0.2, 0) is 14.3 Å². The number of hydrogen-bond acceptors (Lipinski definition) is 6. The fourth-order valence-corrected chi connectivity index (χ4v) is 5.05. The normalized spacial score (nSPS) is 13.7. The molecule has 1 amide bonds. The van der Waals surface area contributed by atoms with Crippen LogP contribution in [0.15, 0.2) is 54.6 Å². The molecule has 0 heterocycles. The molecule has 2 rings (SSSR count). The lowest BCUT2D eigenvalue weighted by Gasteiger charge is -2.21. The standard InChI is InChI=1S/C27H35NO4S2/c1-6-32-26(30)24(17-33-20(5)22-14-12-21(13-15-22)18(2)3)28-25(29)19(4)16-34-27(31)23-10-8-7-9-11-23/h7-15,18-20,24H,6,16-17H2,1-5H3,(H,28,29)/t19-,20?,24+/m1/s1. The first-order valence-corrected chi connectivity index (χ1v) is 13.7. The first kappa shape index (κ1) is 28.0. The Kier molecular flexibility index (Phi) is 11.7. The number of carbonyl (C=O) groups is 3. The summed E-state index contributed by atoms with van der Waals surface area (Å²) in [5, 5.41) is 2.92. The van der Waals surface area contributed by atoms with Gasteiger partial charge in [0.2, 0.25) is 11.0 Å². The van der Waals surface area contributed by atoms with Gasteiger partial charge in [-0.1, -0.05) is 87.1 Å². The van der Waals surface area contributed by atoms with Gasteiger partial charge in [0.1, 0.15) is 6.04 Å². The maximum Gasteiger partial charge on any atom is 0.329 e. The zero-order valence-corrected chi connectivity index (χ0v) is 22.2. The van der Waals surface area contributed by atoms with Crippen LogP contribution in [0.3, 0.4) is 0 Å². The van der Waals surface area contributed by atoms with Gasteiger partial charge in [0.15, 0.2) is 0 Å². The molecule has 184 valence electrons. The van der Waals surface area contributed by atoms with Gasteiger partial charge >= 0.3 is 5.97 Å². The molecule has 0 saturated carbocycles. The molecule has 0 aliphatic heterocycles. The van der Waals surface area contributed by atoms with Crippen LogP contribution < -0.4 is 5.32 Å². The molecule has 0 radical (unpaired) electrons. The Morgan fingerprint density at radius 1 is 0.882 bits per heavy atom. The highest BCUT2D eigenvalue weighted by Gasteiger charge is 2.26. The summed E-state index contributed by atoms with van der Waals surface area (Å²) in [7, 11) is 0. The van der Waals surface area contributed by atoms with Gasteiger partial charge in [-0.05, 0) is 30.9 Å². The summed E-state index contributed by atoms with van der Waals surface area (Å²) in [6, 6.07) is 16.8. The molecule has 7 heteroatoms. The summed E-state index contributed by atoms with van der Waals surface area (Å²) in [5.41, 5.74) is 3.07. The molecule has 0 aliphatic rings. The van der Waals surface area contributed by atoms with Gasteiger partial charge in [-0.15, -0.1) is 0 Å². The zero-order chi connectivity index (χ0) is 25.1. The molecule has 0 spiro atoms. The number of esters is 1. The van der Waals surface area contributed by atoms with Gasteiger partial charge in [-0.25, -0.2) is 4.79 Å². The third kappa shape index (κ3) is 8.84. The number of benzene rings is 2. The van der Waals surface area contributed by atoms with Crippen molar-refractivity contribution in [1.82, 2.24) is 5.32 Å². The Morgan fingerprint density at radius 3 is 2.09 bits per heavy atom. The molecule has 2 aromatic rings. The minimum atomic E-state index is -0.743. The van der Waals surface area contributed by atoms with E-state index in [4.69, 9.17) is 4.74 Å². The number of ether oxygens (including phenoxy) is 1. The lowest BCUT2D eigenvalue weighted by Crippen LogP contribution is -2.46. The highest BCUT2D eigenvalue weighted by Crippen LogP contribution is 2.30. The molecule has 34 heavy (non-hydrogen) atoms. The average Bonchev–Trinajstić information content (AvgIpc) is 2.85. The van der Waals surface area contributed by atoms with E-state index >= 15 is 0 Å². The fraction of sp³-hybridized carbons (Fsp3) is 0.444. The second-order valence-corrected chi connectivity index (χ2v) is 10.8. The predicted octanol–water partition coefficient (Wildman–Crippen LogP) is 5.86. The van der Waals surface area contributed by atoms with E-state index in [2.05, 4.69) is 50.4 Å². The van der Waals surface area contributed by atoms with Crippen LogP contribution in [0.4, 0.5) is 0 Å². The van der Waals surface area contributed by atoms with Gasteiger partial charge < -0.3 is 10.1 Å². The monoisotopic (exact) mass is 501 g/mol. The Balaban J connectivity index is 1.93. The van der Waals surface area contributed by atoms with Crippen molar-refractivity contribution in [3.8, 4) is 0 Å². The highest BCUT2D eigenvalue weighted by molar-refractivity contribution is 8.14. The largest absolute Gasteiger partial charge is 0.464 e. The molecular weight excluding hydrogens is 466 g/mol. The smallest absolute Gasteiger partial charge is 0.329 e. The van der Waals surface area contributed by atoms with Gasteiger partial charge in [-0.2, -0.15) is 11.8 Å². The number of nitrogens with one attached hydrogen (secondary N) is 1. The molecular formula is C27H35NO4S2. The van der Waals surface area contributed by atoms with Gasteiger partial charge in [-0.3, -0.25) is 9.59 Å². The van der Waals surface area contributed by atoms with Crippen LogP contribution in [-0.4, -0.2) is 41.1 Å². The van der Waals surface area contributed by atoms with Crippen molar-refractivity contribution in [3.63, 3.8) is 0 Å². The third-order valence-electron chi connectivity index (χ3n) is 5.39. The third-order valence-corrected chi connectivity index (χ3v) is 7.86. The summed E-state index contributed by atoms with van der Waals surface area (Å²) >= 11 is 2.71. The molecule has 5 nitrogen and oxygen atoms in total. The van der Waals surface area contributed by atoms with Crippen molar-refractivity contribution in [3.05, 3.63) is 71.3 Å². The van der Waals surface area contributed by atoms with Gasteiger partial charge in [0, 0.05) is 28.2 Å².